The Morgan fingerprint density at radius 2 is 0.676 bits per heavy atom. The zero-order valence-corrected chi connectivity index (χ0v) is 38.7. The third-order valence-corrected chi connectivity index (χ3v) is 16.8. The van der Waals surface area contributed by atoms with E-state index in [0.29, 0.717) is 0 Å². The van der Waals surface area contributed by atoms with Crippen LogP contribution in [0.4, 0.5) is 17.1 Å². The van der Waals surface area contributed by atoms with Crippen LogP contribution in [-0.2, 0) is 16.2 Å². The summed E-state index contributed by atoms with van der Waals surface area (Å²) in [7, 11) is 0. The van der Waals surface area contributed by atoms with E-state index in [4.69, 9.17) is 0 Å². The second kappa shape index (κ2) is 13.1. The molecule has 0 saturated carbocycles. The van der Waals surface area contributed by atoms with Crippen molar-refractivity contribution in [2.45, 2.75) is 43.9 Å². The fourth-order valence-electron chi connectivity index (χ4n) is 13.8. The summed E-state index contributed by atoms with van der Waals surface area (Å²) in [6.07, 6.45) is 0. The van der Waals surface area contributed by atoms with Gasteiger partial charge in [0.1, 0.15) is 0 Å². The van der Waals surface area contributed by atoms with Crippen molar-refractivity contribution in [3.8, 4) is 44.5 Å². The van der Waals surface area contributed by atoms with Gasteiger partial charge in [-0.1, -0.05) is 198 Å². The molecule has 11 aromatic rings. The number of benzene rings is 11. The molecule has 0 radical (unpaired) electrons. The van der Waals surface area contributed by atoms with Crippen LogP contribution >= 0.6 is 0 Å². The molecule has 0 aliphatic heterocycles. The van der Waals surface area contributed by atoms with Gasteiger partial charge in [-0.05, 0) is 158 Å². The fourth-order valence-corrected chi connectivity index (χ4v) is 13.8. The summed E-state index contributed by atoms with van der Waals surface area (Å²) in [4.78, 5) is 2.59. The maximum atomic E-state index is 2.59. The van der Waals surface area contributed by atoms with Gasteiger partial charge in [0.2, 0.25) is 0 Å². The first-order valence-corrected chi connectivity index (χ1v) is 24.3. The average Bonchev–Trinajstić information content (AvgIpc) is 4.01. The molecule has 68 heavy (non-hydrogen) atoms. The summed E-state index contributed by atoms with van der Waals surface area (Å²) in [5, 5.41) is 7.88. The number of rotatable bonds is 3. The Bertz CT molecular complexity index is 4000. The van der Waals surface area contributed by atoms with Gasteiger partial charge in [0.25, 0.3) is 0 Å². The van der Waals surface area contributed by atoms with Crippen LogP contribution in [0.1, 0.15) is 72.2 Å². The Balaban J connectivity index is 0.997. The Labute approximate surface area is 397 Å². The highest BCUT2D eigenvalue weighted by Gasteiger charge is 2.52. The van der Waals surface area contributed by atoms with Crippen LogP contribution < -0.4 is 4.90 Å². The first-order chi connectivity index (χ1) is 33.3. The molecule has 15 rings (SSSR count). The Morgan fingerprint density at radius 1 is 0.265 bits per heavy atom. The molecule has 320 valence electrons. The van der Waals surface area contributed by atoms with Crippen molar-refractivity contribution in [2.24, 2.45) is 0 Å². The van der Waals surface area contributed by atoms with Gasteiger partial charge in [0.15, 0.2) is 0 Å². The smallest absolute Gasteiger partial charge is 0.0726 e. The van der Waals surface area contributed by atoms with Gasteiger partial charge in [0.05, 0.1) is 11.1 Å². The fraction of sp³-hybridized carbons (Fsp3) is 0.104. The Hall–Kier alpha value is -8.00. The minimum absolute atomic E-state index is 0.0958. The highest BCUT2D eigenvalue weighted by atomic mass is 15.1. The van der Waals surface area contributed by atoms with Gasteiger partial charge in [-0.3, -0.25) is 0 Å². The second-order valence-corrected chi connectivity index (χ2v) is 20.7. The quantitative estimate of drug-likeness (QED) is 0.160. The molecule has 0 atom stereocenters. The third kappa shape index (κ3) is 4.62. The first kappa shape index (κ1) is 38.1. The van der Waals surface area contributed by atoms with Gasteiger partial charge in [-0.25, -0.2) is 0 Å². The molecule has 11 aromatic carbocycles. The monoisotopic (exact) mass is 865 g/mol. The minimum Gasteiger partial charge on any atom is -0.310 e. The standard InChI is InChI=1S/C67H47N/c1-65(2)55-26-13-9-24-48(55)53-36-40(33-35-56(53)65)68(63-31-17-30-60-64(63)50-25-12-16-29-59(50)67(60)57-27-14-10-22-46(57)47-23-11-15-28-58(47)67)41-32-34-49-54-38-51-44-20-7-5-18-42(44)43-19-6-8-21-45(43)52(51)39-62(54)66(3,4)61(49)37-41/h5-39H,1-4H3. The van der Waals surface area contributed by atoms with E-state index >= 15 is 0 Å². The molecule has 1 heteroatoms. The summed E-state index contributed by atoms with van der Waals surface area (Å²) in [5.74, 6) is 0. The molecule has 0 aromatic heterocycles. The minimum atomic E-state index is -0.445. The van der Waals surface area contributed by atoms with Gasteiger partial charge in [0, 0.05) is 27.8 Å². The lowest BCUT2D eigenvalue weighted by Gasteiger charge is -2.32. The summed E-state index contributed by atoms with van der Waals surface area (Å²) in [6, 6.07) is 81.2. The molecule has 0 amide bonds. The van der Waals surface area contributed by atoms with Crippen molar-refractivity contribution in [2.75, 3.05) is 4.90 Å². The SMILES string of the molecule is CC1(C)c2ccccc2-c2cc(N(c3ccc4c(c3)C(C)(C)c3cc5c6ccccc6c6ccccc6c5cc3-4)c3cccc4c3-c3ccccc3C43c4ccccc4-c4ccccc43)ccc21. The average molecular weight is 866 g/mol. The molecule has 0 heterocycles. The van der Waals surface area contributed by atoms with E-state index in [1.807, 2.05) is 0 Å². The van der Waals surface area contributed by atoms with Crippen LogP contribution in [-0.4, -0.2) is 0 Å². The molecule has 1 nitrogen and oxygen atoms in total. The van der Waals surface area contributed by atoms with Crippen LogP contribution in [0.3, 0.4) is 0 Å². The molecule has 1 spiro atoms. The van der Waals surface area contributed by atoms with E-state index < -0.39 is 5.41 Å². The van der Waals surface area contributed by atoms with Crippen molar-refractivity contribution in [1.82, 2.24) is 0 Å². The van der Waals surface area contributed by atoms with E-state index in [1.165, 1.54) is 127 Å². The van der Waals surface area contributed by atoms with Crippen LogP contribution in [0.15, 0.2) is 212 Å². The van der Waals surface area contributed by atoms with Gasteiger partial charge < -0.3 is 4.90 Å². The topological polar surface area (TPSA) is 3.24 Å². The van der Waals surface area contributed by atoms with Crippen molar-refractivity contribution in [3.05, 3.63) is 257 Å². The van der Waals surface area contributed by atoms with E-state index in [-0.39, 0.29) is 10.8 Å². The first-order valence-electron chi connectivity index (χ1n) is 24.3. The summed E-state index contributed by atoms with van der Waals surface area (Å²) >= 11 is 0. The molecular weight excluding hydrogens is 819 g/mol. The van der Waals surface area contributed by atoms with E-state index in [9.17, 15) is 0 Å². The Kier molecular flexibility index (Phi) is 7.36. The van der Waals surface area contributed by atoms with Crippen molar-refractivity contribution in [3.63, 3.8) is 0 Å². The van der Waals surface area contributed by atoms with E-state index in [1.54, 1.807) is 0 Å². The summed E-state index contributed by atoms with van der Waals surface area (Å²) < 4.78 is 0. The van der Waals surface area contributed by atoms with Crippen LogP contribution in [0.25, 0.3) is 76.8 Å². The largest absolute Gasteiger partial charge is 0.310 e. The summed E-state index contributed by atoms with van der Waals surface area (Å²) in [6.45, 7) is 9.62. The predicted molar refractivity (Wildman–Crippen MR) is 285 cm³/mol. The molecule has 0 bridgehead atoms. The molecule has 0 saturated heterocycles. The molecule has 0 unspecified atom stereocenters. The molecule has 4 aliphatic carbocycles. The highest BCUT2D eigenvalue weighted by molar-refractivity contribution is 6.26. The highest BCUT2D eigenvalue weighted by Crippen LogP contribution is 2.65. The van der Waals surface area contributed by atoms with Crippen molar-refractivity contribution in [1.29, 1.82) is 0 Å². The molecule has 0 fully saturated rings. The van der Waals surface area contributed by atoms with E-state index in [0.717, 1.165) is 11.4 Å². The van der Waals surface area contributed by atoms with Gasteiger partial charge in [-0.2, -0.15) is 0 Å². The third-order valence-electron chi connectivity index (χ3n) is 16.8. The van der Waals surface area contributed by atoms with E-state index in [2.05, 4.69) is 245 Å². The Morgan fingerprint density at radius 3 is 1.32 bits per heavy atom. The zero-order chi connectivity index (χ0) is 45.3. The number of hydrogen-bond donors (Lipinski definition) is 0. The lowest BCUT2D eigenvalue weighted by Crippen LogP contribution is -2.26. The predicted octanol–water partition coefficient (Wildman–Crippen LogP) is 17.6. The normalized spacial score (nSPS) is 15.4. The van der Waals surface area contributed by atoms with Gasteiger partial charge >= 0.3 is 0 Å². The molecule has 0 N–H and O–H groups in total. The number of hydrogen-bond acceptors (Lipinski definition) is 1. The van der Waals surface area contributed by atoms with Crippen molar-refractivity contribution < 1.29 is 0 Å². The lowest BCUT2D eigenvalue weighted by atomic mass is 9.70. The van der Waals surface area contributed by atoms with Gasteiger partial charge in [-0.15, -0.1) is 0 Å². The van der Waals surface area contributed by atoms with Crippen LogP contribution in [0.2, 0.25) is 0 Å². The molecular formula is C67H47N. The van der Waals surface area contributed by atoms with Crippen molar-refractivity contribution >= 4 is 49.4 Å². The number of fused-ring (bicyclic) bond motifs is 22. The lowest BCUT2D eigenvalue weighted by molar-refractivity contribution is 0.660. The molecule has 4 aliphatic rings. The number of anilines is 3. The zero-order valence-electron chi connectivity index (χ0n) is 38.7. The van der Waals surface area contributed by atoms with Crippen LogP contribution in [0.5, 0.6) is 0 Å². The maximum absolute atomic E-state index is 2.59. The summed E-state index contributed by atoms with van der Waals surface area (Å²) in [5.41, 5.74) is 24.2. The second-order valence-electron chi connectivity index (χ2n) is 20.7. The maximum Gasteiger partial charge on any atom is 0.0726 e. The van der Waals surface area contributed by atoms with Crippen LogP contribution in [0, 0.1) is 0 Å². The number of nitrogens with zero attached hydrogens (tertiary/aromatic N) is 1.